The van der Waals surface area contributed by atoms with E-state index in [0.717, 1.165) is 32.6 Å². The Morgan fingerprint density at radius 3 is 2.71 bits per heavy atom. The standard InChI is InChI=1S/C18H28N8O2/c27-15(25-8-10-26(11-9-25)18-21-4-1-5-22-18)3-7-20-17(28)16-13-12-19-6-2-14(13)23-24-16/h1,4-5,13-14,16,19,23-24H,2-3,6-12H2,(H,20,28). The summed E-state index contributed by atoms with van der Waals surface area (Å²) in [7, 11) is 0. The number of aromatic nitrogens is 2. The van der Waals surface area contributed by atoms with Crippen molar-refractivity contribution in [1.82, 2.24) is 36.4 Å². The normalized spacial score (nSPS) is 27.4. The van der Waals surface area contributed by atoms with Gasteiger partial charge in [-0.1, -0.05) is 0 Å². The van der Waals surface area contributed by atoms with Crippen molar-refractivity contribution in [3.05, 3.63) is 18.5 Å². The van der Waals surface area contributed by atoms with Gasteiger partial charge in [0.15, 0.2) is 0 Å². The third-order valence-corrected chi connectivity index (χ3v) is 5.77. The first-order valence-corrected chi connectivity index (χ1v) is 10.0. The summed E-state index contributed by atoms with van der Waals surface area (Å²) < 4.78 is 0. The molecule has 152 valence electrons. The molecule has 4 N–H and O–H groups in total. The highest BCUT2D eigenvalue weighted by molar-refractivity contribution is 5.83. The molecule has 2 amide bonds. The maximum absolute atomic E-state index is 12.5. The molecule has 3 aliphatic rings. The van der Waals surface area contributed by atoms with Gasteiger partial charge in [0.1, 0.15) is 6.04 Å². The number of nitrogens with zero attached hydrogens (tertiary/aromatic N) is 4. The van der Waals surface area contributed by atoms with Gasteiger partial charge in [0, 0.05) is 70.0 Å². The Hall–Kier alpha value is -2.30. The molecule has 28 heavy (non-hydrogen) atoms. The second-order valence-electron chi connectivity index (χ2n) is 7.49. The molecule has 3 atom stereocenters. The minimum atomic E-state index is -0.248. The van der Waals surface area contributed by atoms with E-state index in [2.05, 4.69) is 36.4 Å². The summed E-state index contributed by atoms with van der Waals surface area (Å²) in [5, 5.41) is 6.26. The van der Waals surface area contributed by atoms with Crippen LogP contribution in [0, 0.1) is 5.92 Å². The van der Waals surface area contributed by atoms with E-state index in [1.165, 1.54) is 0 Å². The Labute approximate surface area is 164 Å². The molecule has 0 bridgehead atoms. The van der Waals surface area contributed by atoms with E-state index in [9.17, 15) is 9.59 Å². The van der Waals surface area contributed by atoms with E-state index >= 15 is 0 Å². The molecule has 1 aromatic rings. The minimum Gasteiger partial charge on any atom is -0.354 e. The lowest BCUT2D eigenvalue weighted by Gasteiger charge is -2.34. The van der Waals surface area contributed by atoms with Crippen molar-refractivity contribution >= 4 is 17.8 Å². The fraction of sp³-hybridized carbons (Fsp3) is 0.667. The fourth-order valence-corrected chi connectivity index (χ4v) is 4.15. The number of piperazine rings is 1. The Morgan fingerprint density at radius 1 is 1.14 bits per heavy atom. The van der Waals surface area contributed by atoms with Crippen LogP contribution >= 0.6 is 0 Å². The molecule has 3 unspecified atom stereocenters. The van der Waals surface area contributed by atoms with Crippen molar-refractivity contribution in [2.75, 3.05) is 50.7 Å². The highest BCUT2D eigenvalue weighted by atomic mass is 16.2. The number of carbonyl (C=O) groups is 2. The third kappa shape index (κ3) is 4.23. The number of amides is 2. The van der Waals surface area contributed by atoms with Gasteiger partial charge in [0.05, 0.1) is 0 Å². The van der Waals surface area contributed by atoms with Gasteiger partial charge in [-0.05, 0) is 19.0 Å². The second-order valence-corrected chi connectivity index (χ2v) is 7.49. The Kier molecular flexibility index (Phi) is 5.98. The molecular weight excluding hydrogens is 360 g/mol. The van der Waals surface area contributed by atoms with Crippen molar-refractivity contribution in [2.45, 2.75) is 24.9 Å². The summed E-state index contributed by atoms with van der Waals surface area (Å²) in [6.45, 7) is 4.90. The van der Waals surface area contributed by atoms with Gasteiger partial charge in [-0.25, -0.2) is 15.4 Å². The molecule has 10 heteroatoms. The maximum atomic E-state index is 12.5. The van der Waals surface area contributed by atoms with Gasteiger partial charge in [-0.2, -0.15) is 0 Å². The average Bonchev–Trinajstić information content (AvgIpc) is 3.19. The fourth-order valence-electron chi connectivity index (χ4n) is 4.15. The van der Waals surface area contributed by atoms with Crippen molar-refractivity contribution < 1.29 is 9.59 Å². The van der Waals surface area contributed by atoms with Gasteiger partial charge >= 0.3 is 0 Å². The second kappa shape index (κ2) is 8.80. The van der Waals surface area contributed by atoms with Crippen LogP contribution in [0.15, 0.2) is 18.5 Å². The zero-order valence-corrected chi connectivity index (χ0v) is 15.9. The third-order valence-electron chi connectivity index (χ3n) is 5.77. The first-order valence-electron chi connectivity index (χ1n) is 10.0. The summed E-state index contributed by atoms with van der Waals surface area (Å²) >= 11 is 0. The number of hydrogen-bond donors (Lipinski definition) is 4. The molecule has 10 nitrogen and oxygen atoms in total. The summed E-state index contributed by atoms with van der Waals surface area (Å²) in [6.07, 6.45) is 4.78. The number of hydrogen-bond acceptors (Lipinski definition) is 8. The van der Waals surface area contributed by atoms with Crippen molar-refractivity contribution in [1.29, 1.82) is 0 Å². The van der Waals surface area contributed by atoms with E-state index in [-0.39, 0.29) is 23.8 Å². The van der Waals surface area contributed by atoms with E-state index < -0.39 is 0 Å². The van der Waals surface area contributed by atoms with Crippen LogP contribution in [0.3, 0.4) is 0 Å². The van der Waals surface area contributed by atoms with E-state index in [4.69, 9.17) is 0 Å². The lowest BCUT2D eigenvalue weighted by atomic mass is 9.89. The van der Waals surface area contributed by atoms with Crippen molar-refractivity contribution in [3.63, 3.8) is 0 Å². The molecule has 0 aromatic carbocycles. The SMILES string of the molecule is O=C(NCCC(=O)N1CCN(c2ncccn2)CC1)C1NNC2CCNCC21. The number of nitrogens with one attached hydrogen (secondary N) is 4. The van der Waals surface area contributed by atoms with Crippen LogP contribution in [0.5, 0.6) is 0 Å². The monoisotopic (exact) mass is 388 g/mol. The van der Waals surface area contributed by atoms with Gasteiger partial charge < -0.3 is 20.4 Å². The van der Waals surface area contributed by atoms with E-state index in [0.29, 0.717) is 38.0 Å². The lowest BCUT2D eigenvalue weighted by molar-refractivity contribution is -0.131. The zero-order valence-electron chi connectivity index (χ0n) is 15.9. The molecule has 4 rings (SSSR count). The van der Waals surface area contributed by atoms with Gasteiger partial charge in [-0.15, -0.1) is 0 Å². The number of carbonyl (C=O) groups excluding carboxylic acids is 2. The van der Waals surface area contributed by atoms with Crippen LogP contribution in [0.25, 0.3) is 0 Å². The zero-order chi connectivity index (χ0) is 19.3. The summed E-state index contributed by atoms with van der Waals surface area (Å²) in [5.74, 6) is 0.985. The molecule has 1 aromatic heterocycles. The van der Waals surface area contributed by atoms with Crippen LogP contribution in [0.2, 0.25) is 0 Å². The molecule has 3 saturated heterocycles. The number of hydrazine groups is 1. The molecule has 0 saturated carbocycles. The molecule has 4 heterocycles. The van der Waals surface area contributed by atoms with Crippen LogP contribution < -0.4 is 26.4 Å². The highest BCUT2D eigenvalue weighted by Crippen LogP contribution is 2.20. The maximum Gasteiger partial charge on any atom is 0.238 e. The van der Waals surface area contributed by atoms with Gasteiger partial charge in [0.25, 0.3) is 0 Å². The van der Waals surface area contributed by atoms with Gasteiger partial charge in [-0.3, -0.25) is 15.0 Å². The predicted molar refractivity (Wildman–Crippen MR) is 103 cm³/mol. The van der Waals surface area contributed by atoms with Crippen molar-refractivity contribution in [3.8, 4) is 0 Å². The Morgan fingerprint density at radius 2 is 1.93 bits per heavy atom. The minimum absolute atomic E-state index is 0.0393. The van der Waals surface area contributed by atoms with Crippen molar-refractivity contribution in [2.24, 2.45) is 5.92 Å². The smallest absolute Gasteiger partial charge is 0.238 e. The predicted octanol–water partition coefficient (Wildman–Crippen LogP) is -1.91. The largest absolute Gasteiger partial charge is 0.354 e. The number of rotatable bonds is 5. The summed E-state index contributed by atoms with van der Waals surface area (Å²) in [4.78, 5) is 37.4. The number of piperidine rings is 1. The van der Waals surface area contributed by atoms with Crippen LogP contribution in [0.1, 0.15) is 12.8 Å². The van der Waals surface area contributed by atoms with Crippen LogP contribution in [0.4, 0.5) is 5.95 Å². The summed E-state index contributed by atoms with van der Waals surface area (Å²) in [5.41, 5.74) is 6.32. The average molecular weight is 388 g/mol. The van der Waals surface area contributed by atoms with E-state index in [1.807, 2.05) is 4.90 Å². The molecule has 3 fully saturated rings. The number of fused-ring (bicyclic) bond motifs is 1. The van der Waals surface area contributed by atoms with Crippen LogP contribution in [-0.2, 0) is 9.59 Å². The van der Waals surface area contributed by atoms with Gasteiger partial charge in [0.2, 0.25) is 17.8 Å². The lowest BCUT2D eigenvalue weighted by Crippen LogP contribution is -2.51. The molecule has 0 spiro atoms. The molecular formula is C18H28N8O2. The molecule has 3 aliphatic heterocycles. The highest BCUT2D eigenvalue weighted by Gasteiger charge is 2.40. The number of anilines is 1. The Balaban J connectivity index is 1.17. The molecule has 0 aliphatic carbocycles. The topological polar surface area (TPSA) is 115 Å². The Bertz CT molecular complexity index is 679. The molecule has 0 radical (unpaired) electrons. The summed E-state index contributed by atoms with van der Waals surface area (Å²) in [6, 6.07) is 1.88. The first kappa shape index (κ1) is 19.0. The van der Waals surface area contributed by atoms with E-state index in [1.54, 1.807) is 18.5 Å². The van der Waals surface area contributed by atoms with Crippen LogP contribution in [-0.4, -0.2) is 84.6 Å². The quantitative estimate of drug-likeness (QED) is 0.462. The first-order chi connectivity index (χ1) is 13.7.